The van der Waals surface area contributed by atoms with Crippen LogP contribution in [0, 0.1) is 11.3 Å². The third-order valence-electron chi connectivity index (χ3n) is 3.10. The normalized spacial score (nSPS) is 12.8. The number of unbranched alkanes of at least 4 members (excludes halogenated alkanes) is 2. The molecule has 1 aliphatic rings. The highest BCUT2D eigenvalue weighted by Gasteiger charge is 2.12. The molecule has 1 amide bonds. The molecule has 1 aromatic carbocycles. The summed E-state index contributed by atoms with van der Waals surface area (Å²) < 4.78 is 0. The second-order valence-electron chi connectivity index (χ2n) is 4.46. The molecule has 0 radical (unpaired) electrons. The molecule has 4 nitrogen and oxygen atoms in total. The van der Waals surface area contributed by atoms with Crippen LogP contribution in [0.4, 0.5) is 0 Å². The van der Waals surface area contributed by atoms with Crippen LogP contribution >= 0.6 is 0 Å². The number of nitriles is 1. The largest absolute Gasteiger partial charge is 0.352 e. The van der Waals surface area contributed by atoms with Gasteiger partial charge in [0.2, 0.25) is 0 Å². The Morgan fingerprint density at radius 1 is 1.33 bits per heavy atom. The number of nitrogens with one attached hydrogen (secondary N) is 2. The maximum Gasteiger partial charge on any atom is 0.251 e. The Morgan fingerprint density at radius 2 is 2.17 bits per heavy atom. The van der Waals surface area contributed by atoms with E-state index in [1.807, 2.05) is 18.2 Å². The summed E-state index contributed by atoms with van der Waals surface area (Å²) in [7, 11) is 0. The Balaban J connectivity index is 1.84. The van der Waals surface area contributed by atoms with Crippen molar-refractivity contribution in [3.8, 4) is 6.07 Å². The summed E-state index contributed by atoms with van der Waals surface area (Å²) >= 11 is 0. The molecule has 2 N–H and O–H groups in total. The molecular formula is C14H17N3O. The van der Waals surface area contributed by atoms with Gasteiger partial charge in [-0.05, 0) is 36.1 Å². The first-order chi connectivity index (χ1) is 8.81. The van der Waals surface area contributed by atoms with Gasteiger partial charge in [0.05, 0.1) is 6.07 Å². The molecule has 0 aromatic heterocycles. The Labute approximate surface area is 107 Å². The van der Waals surface area contributed by atoms with Gasteiger partial charge in [-0.25, -0.2) is 0 Å². The molecule has 0 bridgehead atoms. The number of benzene rings is 1. The first-order valence-electron chi connectivity index (χ1n) is 6.29. The molecule has 4 heteroatoms. The SMILES string of the molecule is N#CCCCCNC(=O)c1ccc2c(c1)CNC2. The maximum atomic E-state index is 11.9. The number of rotatable bonds is 5. The molecule has 0 spiro atoms. The van der Waals surface area contributed by atoms with E-state index < -0.39 is 0 Å². The molecular weight excluding hydrogens is 226 g/mol. The second kappa shape index (κ2) is 6.18. The summed E-state index contributed by atoms with van der Waals surface area (Å²) in [5.41, 5.74) is 3.21. The van der Waals surface area contributed by atoms with Crippen molar-refractivity contribution in [1.29, 1.82) is 5.26 Å². The fourth-order valence-electron chi connectivity index (χ4n) is 2.07. The van der Waals surface area contributed by atoms with E-state index in [4.69, 9.17) is 5.26 Å². The number of amides is 1. The van der Waals surface area contributed by atoms with Crippen LogP contribution in [0.3, 0.4) is 0 Å². The van der Waals surface area contributed by atoms with E-state index in [2.05, 4.69) is 16.7 Å². The molecule has 0 aliphatic carbocycles. The van der Waals surface area contributed by atoms with Crippen LogP contribution in [0.25, 0.3) is 0 Å². The summed E-state index contributed by atoms with van der Waals surface area (Å²) in [5, 5.41) is 14.5. The number of hydrogen-bond donors (Lipinski definition) is 2. The second-order valence-corrected chi connectivity index (χ2v) is 4.46. The summed E-state index contributed by atoms with van der Waals surface area (Å²) in [6.45, 7) is 2.37. The standard InChI is InChI=1S/C14H17N3O/c15-6-2-1-3-7-17-14(18)11-4-5-12-9-16-10-13(12)8-11/h4-5,8,16H,1-3,7,9-10H2,(H,17,18). The Morgan fingerprint density at radius 3 is 3.00 bits per heavy atom. The van der Waals surface area contributed by atoms with Crippen LogP contribution in [0.15, 0.2) is 18.2 Å². The zero-order valence-corrected chi connectivity index (χ0v) is 10.3. The predicted octanol–water partition coefficient (Wildman–Crippen LogP) is 1.71. The summed E-state index contributed by atoms with van der Waals surface area (Å²) in [6.07, 6.45) is 2.25. The fourth-order valence-corrected chi connectivity index (χ4v) is 2.07. The molecule has 18 heavy (non-hydrogen) atoms. The van der Waals surface area contributed by atoms with Gasteiger partial charge in [-0.1, -0.05) is 6.07 Å². The minimum atomic E-state index is -0.0262. The molecule has 0 saturated heterocycles. The third-order valence-corrected chi connectivity index (χ3v) is 3.10. The average molecular weight is 243 g/mol. The van der Waals surface area contributed by atoms with Crippen molar-refractivity contribution in [2.45, 2.75) is 32.4 Å². The molecule has 0 saturated carbocycles. The molecule has 0 fully saturated rings. The van der Waals surface area contributed by atoms with Crippen molar-refractivity contribution < 1.29 is 4.79 Å². The molecule has 2 rings (SSSR count). The topological polar surface area (TPSA) is 64.9 Å². The van der Waals surface area contributed by atoms with E-state index >= 15 is 0 Å². The summed E-state index contributed by atoms with van der Waals surface area (Å²) in [4.78, 5) is 11.9. The van der Waals surface area contributed by atoms with E-state index in [1.165, 1.54) is 11.1 Å². The van der Waals surface area contributed by atoms with Crippen molar-refractivity contribution in [2.24, 2.45) is 0 Å². The maximum absolute atomic E-state index is 11.9. The third kappa shape index (κ3) is 3.08. The zero-order chi connectivity index (χ0) is 12.8. The van der Waals surface area contributed by atoms with Crippen molar-refractivity contribution in [2.75, 3.05) is 6.54 Å². The minimum Gasteiger partial charge on any atom is -0.352 e. The lowest BCUT2D eigenvalue weighted by molar-refractivity contribution is 0.0953. The number of hydrogen-bond acceptors (Lipinski definition) is 3. The quantitative estimate of drug-likeness (QED) is 0.774. The Bertz CT molecular complexity index is 476. The number of carbonyl (C=O) groups excluding carboxylic acids is 1. The highest BCUT2D eigenvalue weighted by molar-refractivity contribution is 5.94. The lowest BCUT2D eigenvalue weighted by Gasteiger charge is -2.06. The van der Waals surface area contributed by atoms with E-state index in [0.29, 0.717) is 13.0 Å². The van der Waals surface area contributed by atoms with Crippen molar-refractivity contribution in [3.63, 3.8) is 0 Å². The lowest BCUT2D eigenvalue weighted by atomic mass is 10.1. The minimum absolute atomic E-state index is 0.0262. The van der Waals surface area contributed by atoms with Crippen molar-refractivity contribution in [3.05, 3.63) is 34.9 Å². The first-order valence-corrected chi connectivity index (χ1v) is 6.29. The lowest BCUT2D eigenvalue weighted by Crippen LogP contribution is -2.24. The van der Waals surface area contributed by atoms with Gasteiger partial charge in [0, 0.05) is 31.6 Å². The van der Waals surface area contributed by atoms with Crippen LogP contribution in [-0.4, -0.2) is 12.5 Å². The van der Waals surface area contributed by atoms with Crippen LogP contribution in [0.5, 0.6) is 0 Å². The Hall–Kier alpha value is -1.86. The van der Waals surface area contributed by atoms with E-state index in [9.17, 15) is 4.79 Å². The average Bonchev–Trinajstić information content (AvgIpc) is 2.85. The van der Waals surface area contributed by atoms with E-state index in [1.54, 1.807) is 0 Å². The van der Waals surface area contributed by atoms with Gasteiger partial charge in [-0.2, -0.15) is 5.26 Å². The first kappa shape index (κ1) is 12.6. The highest BCUT2D eigenvalue weighted by atomic mass is 16.1. The van der Waals surface area contributed by atoms with Gasteiger partial charge in [-0.3, -0.25) is 4.79 Å². The van der Waals surface area contributed by atoms with Crippen LogP contribution in [-0.2, 0) is 13.1 Å². The number of nitrogens with zero attached hydrogens (tertiary/aromatic N) is 1. The van der Waals surface area contributed by atoms with Crippen LogP contribution in [0.2, 0.25) is 0 Å². The highest BCUT2D eigenvalue weighted by Crippen LogP contribution is 2.16. The van der Waals surface area contributed by atoms with Gasteiger partial charge in [0.25, 0.3) is 5.91 Å². The van der Waals surface area contributed by atoms with Crippen LogP contribution in [0.1, 0.15) is 40.7 Å². The summed E-state index contributed by atoms with van der Waals surface area (Å²) in [6, 6.07) is 7.94. The summed E-state index contributed by atoms with van der Waals surface area (Å²) in [5.74, 6) is -0.0262. The molecule has 1 aliphatic heterocycles. The van der Waals surface area contributed by atoms with Crippen molar-refractivity contribution >= 4 is 5.91 Å². The molecule has 1 aromatic rings. The predicted molar refractivity (Wildman–Crippen MR) is 68.8 cm³/mol. The number of fused-ring (bicyclic) bond motifs is 1. The van der Waals surface area contributed by atoms with Gasteiger partial charge in [-0.15, -0.1) is 0 Å². The fraction of sp³-hybridized carbons (Fsp3) is 0.429. The van der Waals surface area contributed by atoms with Crippen molar-refractivity contribution in [1.82, 2.24) is 10.6 Å². The van der Waals surface area contributed by atoms with E-state index in [0.717, 1.165) is 31.5 Å². The molecule has 94 valence electrons. The zero-order valence-electron chi connectivity index (χ0n) is 10.3. The van der Waals surface area contributed by atoms with E-state index in [-0.39, 0.29) is 5.91 Å². The monoisotopic (exact) mass is 243 g/mol. The van der Waals surface area contributed by atoms with Gasteiger partial charge in [0.1, 0.15) is 0 Å². The number of carbonyl (C=O) groups is 1. The van der Waals surface area contributed by atoms with Gasteiger partial charge in [0.15, 0.2) is 0 Å². The van der Waals surface area contributed by atoms with Crippen LogP contribution < -0.4 is 10.6 Å². The van der Waals surface area contributed by atoms with Gasteiger partial charge >= 0.3 is 0 Å². The van der Waals surface area contributed by atoms with Gasteiger partial charge < -0.3 is 10.6 Å². The smallest absolute Gasteiger partial charge is 0.251 e. The molecule has 0 atom stereocenters. The Kier molecular flexibility index (Phi) is 4.32. The molecule has 0 unspecified atom stereocenters. The molecule has 1 heterocycles.